The van der Waals surface area contributed by atoms with E-state index in [0.717, 1.165) is 43.5 Å². The Kier molecular flexibility index (Phi) is 6.68. The third kappa shape index (κ3) is 3.80. The summed E-state index contributed by atoms with van der Waals surface area (Å²) in [4.78, 5) is 7.38. The lowest BCUT2D eigenvalue weighted by atomic mass is 9.81. The number of guanidine groups is 1. The molecule has 28 heavy (non-hydrogen) atoms. The van der Waals surface area contributed by atoms with E-state index >= 15 is 0 Å². The van der Waals surface area contributed by atoms with Crippen molar-refractivity contribution in [2.75, 3.05) is 24.5 Å². The van der Waals surface area contributed by atoms with Gasteiger partial charge in [-0.25, -0.2) is 0 Å². The molecular formula is C22H31IN4O. The molecule has 4 rings (SSSR count). The number of aliphatic imine (C=N–C) groups is 1. The predicted octanol–water partition coefficient (Wildman–Crippen LogP) is 4.75. The highest BCUT2D eigenvalue weighted by molar-refractivity contribution is 14.0. The van der Waals surface area contributed by atoms with Crippen LogP contribution in [-0.4, -0.2) is 30.8 Å². The molecule has 0 bridgehead atoms. The maximum atomic E-state index is 5.29. The lowest BCUT2D eigenvalue weighted by molar-refractivity contribution is 0.392. The van der Waals surface area contributed by atoms with Gasteiger partial charge in [0, 0.05) is 36.3 Å². The topological polar surface area (TPSA) is 53.7 Å². The van der Waals surface area contributed by atoms with Gasteiger partial charge >= 0.3 is 0 Å². The molecule has 0 amide bonds. The zero-order valence-electron chi connectivity index (χ0n) is 17.1. The number of hydrogen-bond acceptors (Lipinski definition) is 3. The summed E-state index contributed by atoms with van der Waals surface area (Å²) in [7, 11) is 0. The second-order valence-corrected chi connectivity index (χ2v) is 7.88. The van der Waals surface area contributed by atoms with E-state index in [1.165, 1.54) is 42.5 Å². The van der Waals surface area contributed by atoms with Gasteiger partial charge in [0.2, 0.25) is 0 Å². The quantitative estimate of drug-likeness (QED) is 0.379. The molecule has 1 saturated carbocycles. The van der Waals surface area contributed by atoms with E-state index in [0.29, 0.717) is 5.41 Å². The maximum Gasteiger partial charge on any atom is 0.198 e. The molecular weight excluding hydrogens is 463 g/mol. The van der Waals surface area contributed by atoms with Gasteiger partial charge in [-0.3, -0.25) is 4.99 Å². The molecule has 0 radical (unpaired) electrons. The third-order valence-electron chi connectivity index (χ3n) is 6.18. The Labute approximate surface area is 185 Å². The van der Waals surface area contributed by atoms with Crippen molar-refractivity contribution in [1.29, 1.82) is 0 Å². The van der Waals surface area contributed by atoms with Crippen LogP contribution in [0.25, 0.3) is 0 Å². The molecule has 2 heterocycles. The van der Waals surface area contributed by atoms with Crippen molar-refractivity contribution in [2.45, 2.75) is 58.3 Å². The summed E-state index contributed by atoms with van der Waals surface area (Å²) in [5.74, 6) is 1.91. The molecule has 1 aliphatic carbocycles. The van der Waals surface area contributed by atoms with Crippen molar-refractivity contribution in [3.63, 3.8) is 0 Å². The Hall–Kier alpha value is -1.57. The van der Waals surface area contributed by atoms with Crippen LogP contribution in [0.15, 0.2) is 33.8 Å². The zero-order valence-corrected chi connectivity index (χ0v) is 19.5. The first kappa shape index (κ1) is 21.1. The van der Waals surface area contributed by atoms with E-state index in [4.69, 9.17) is 9.52 Å². The summed E-state index contributed by atoms with van der Waals surface area (Å²) < 4.78 is 5.29. The number of rotatable bonds is 4. The summed E-state index contributed by atoms with van der Waals surface area (Å²) in [5.41, 5.74) is 5.32. The number of aromatic nitrogens is 1. The van der Waals surface area contributed by atoms with Gasteiger partial charge in [-0.2, -0.15) is 0 Å². The van der Waals surface area contributed by atoms with Gasteiger partial charge in [0.15, 0.2) is 5.96 Å². The van der Waals surface area contributed by atoms with Crippen LogP contribution in [0.5, 0.6) is 0 Å². The molecule has 1 spiro atoms. The molecule has 0 unspecified atom stereocenters. The van der Waals surface area contributed by atoms with Crippen LogP contribution >= 0.6 is 24.0 Å². The van der Waals surface area contributed by atoms with Crippen molar-refractivity contribution >= 4 is 35.6 Å². The van der Waals surface area contributed by atoms with Gasteiger partial charge in [-0.15, -0.1) is 24.0 Å². The van der Waals surface area contributed by atoms with E-state index in [1.807, 2.05) is 13.8 Å². The Morgan fingerprint density at radius 3 is 2.68 bits per heavy atom. The molecule has 1 N–H and O–H groups in total. The van der Waals surface area contributed by atoms with E-state index in [-0.39, 0.29) is 24.0 Å². The normalized spacial score (nSPS) is 17.7. The zero-order chi connectivity index (χ0) is 18.9. The molecule has 0 atom stereocenters. The predicted molar refractivity (Wildman–Crippen MR) is 125 cm³/mol. The molecule has 0 saturated heterocycles. The largest absolute Gasteiger partial charge is 0.361 e. The molecule has 1 aliphatic heterocycles. The standard InChI is InChI=1S/C22H30N4O.HI/c1-4-23-21(24-14-11-18-16(2)25-27-17(18)3)26-15-22(12-7-8-13-22)19-9-5-6-10-20(19)26;/h5-6,9-10H,4,7-8,11-15H2,1-3H3,(H,23,24);1H. The summed E-state index contributed by atoms with van der Waals surface area (Å²) >= 11 is 0. The number of aryl methyl sites for hydroxylation is 2. The van der Waals surface area contributed by atoms with Gasteiger partial charge in [-0.1, -0.05) is 36.2 Å². The molecule has 2 aliphatic rings. The summed E-state index contributed by atoms with van der Waals surface area (Å²) in [6.45, 7) is 8.76. The van der Waals surface area contributed by atoms with E-state index < -0.39 is 0 Å². The molecule has 152 valence electrons. The fraction of sp³-hybridized carbons (Fsp3) is 0.545. The number of benzene rings is 1. The summed E-state index contributed by atoms with van der Waals surface area (Å²) in [5, 5.41) is 7.57. The smallest absolute Gasteiger partial charge is 0.198 e. The summed E-state index contributed by atoms with van der Waals surface area (Å²) in [6.07, 6.45) is 6.11. The molecule has 1 aromatic heterocycles. The van der Waals surface area contributed by atoms with E-state index in [9.17, 15) is 0 Å². The average molecular weight is 494 g/mol. The average Bonchev–Trinajstić information content (AvgIpc) is 3.36. The number of halogens is 1. The Bertz CT molecular complexity index is 819. The molecule has 1 aromatic carbocycles. The van der Waals surface area contributed by atoms with Crippen LogP contribution in [0.4, 0.5) is 5.69 Å². The highest BCUT2D eigenvalue weighted by Gasteiger charge is 2.45. The second-order valence-electron chi connectivity index (χ2n) is 7.88. The fourth-order valence-corrected chi connectivity index (χ4v) is 4.83. The SMILES string of the molecule is CCNC(=NCCc1c(C)noc1C)N1CC2(CCCC2)c2ccccc21.I. The Morgan fingerprint density at radius 1 is 1.25 bits per heavy atom. The molecule has 2 aromatic rings. The van der Waals surface area contributed by atoms with Crippen LogP contribution < -0.4 is 10.2 Å². The van der Waals surface area contributed by atoms with Gasteiger partial charge in [0.05, 0.1) is 5.69 Å². The third-order valence-corrected chi connectivity index (χ3v) is 6.18. The number of nitrogens with one attached hydrogen (secondary N) is 1. The van der Waals surface area contributed by atoms with Crippen molar-refractivity contribution in [2.24, 2.45) is 4.99 Å². The fourth-order valence-electron chi connectivity index (χ4n) is 4.83. The number of anilines is 1. The van der Waals surface area contributed by atoms with E-state index in [1.54, 1.807) is 0 Å². The number of nitrogens with zero attached hydrogens (tertiary/aromatic N) is 3. The van der Waals surface area contributed by atoms with Crippen LogP contribution in [0.3, 0.4) is 0 Å². The van der Waals surface area contributed by atoms with Crippen molar-refractivity contribution < 1.29 is 4.52 Å². The van der Waals surface area contributed by atoms with Crippen LogP contribution in [-0.2, 0) is 11.8 Å². The minimum atomic E-state index is 0. The van der Waals surface area contributed by atoms with Gasteiger partial charge in [0.25, 0.3) is 0 Å². The van der Waals surface area contributed by atoms with Crippen molar-refractivity contribution in [3.8, 4) is 0 Å². The van der Waals surface area contributed by atoms with Crippen LogP contribution in [0.2, 0.25) is 0 Å². The monoisotopic (exact) mass is 494 g/mol. The number of hydrogen-bond donors (Lipinski definition) is 1. The molecule has 6 heteroatoms. The minimum Gasteiger partial charge on any atom is -0.361 e. The van der Waals surface area contributed by atoms with Gasteiger partial charge in [0.1, 0.15) is 5.76 Å². The molecule has 1 fully saturated rings. The first-order valence-electron chi connectivity index (χ1n) is 10.2. The number of para-hydroxylation sites is 1. The first-order valence-corrected chi connectivity index (χ1v) is 10.2. The maximum absolute atomic E-state index is 5.29. The van der Waals surface area contributed by atoms with Gasteiger partial charge < -0.3 is 14.7 Å². The lowest BCUT2D eigenvalue weighted by Gasteiger charge is -2.26. The van der Waals surface area contributed by atoms with Crippen molar-refractivity contribution in [3.05, 3.63) is 46.8 Å². The van der Waals surface area contributed by atoms with Gasteiger partial charge in [-0.05, 0) is 51.7 Å². The lowest BCUT2D eigenvalue weighted by Crippen LogP contribution is -2.43. The van der Waals surface area contributed by atoms with Crippen LogP contribution in [0, 0.1) is 13.8 Å². The Balaban J connectivity index is 0.00000225. The van der Waals surface area contributed by atoms with E-state index in [2.05, 4.69) is 46.6 Å². The highest BCUT2D eigenvalue weighted by Crippen LogP contribution is 2.50. The molecule has 5 nitrogen and oxygen atoms in total. The number of fused-ring (bicyclic) bond motifs is 2. The minimum absolute atomic E-state index is 0. The Morgan fingerprint density at radius 2 is 2.00 bits per heavy atom. The summed E-state index contributed by atoms with van der Waals surface area (Å²) in [6, 6.07) is 8.91. The van der Waals surface area contributed by atoms with Crippen LogP contribution in [0.1, 0.15) is 55.2 Å². The highest BCUT2D eigenvalue weighted by atomic mass is 127. The second kappa shape index (κ2) is 8.84. The first-order chi connectivity index (χ1) is 13.1. The van der Waals surface area contributed by atoms with Crippen molar-refractivity contribution in [1.82, 2.24) is 10.5 Å².